The molecule has 8 heteroatoms. The third-order valence-corrected chi connectivity index (χ3v) is 3.68. The van der Waals surface area contributed by atoms with Gasteiger partial charge in [-0.1, -0.05) is 11.6 Å². The first-order chi connectivity index (χ1) is 12.3. The maximum atomic E-state index is 12.9. The highest BCUT2D eigenvalue weighted by Gasteiger charge is 2.31. The van der Waals surface area contributed by atoms with Gasteiger partial charge in [0, 0.05) is 6.07 Å². The molecular weight excluding hydrogens is 371 g/mol. The highest BCUT2D eigenvalue weighted by Crippen LogP contribution is 2.34. The smallest absolute Gasteiger partial charge is 0.416 e. The first-order valence-electron chi connectivity index (χ1n) is 7.84. The first kappa shape index (κ1) is 19.9. The Morgan fingerprint density at radius 2 is 1.77 bits per heavy atom. The van der Waals surface area contributed by atoms with Crippen molar-refractivity contribution in [3.63, 3.8) is 0 Å². The predicted molar refractivity (Wildman–Crippen MR) is 93.2 cm³/mol. The molecule has 0 saturated heterocycles. The van der Waals surface area contributed by atoms with Crippen LogP contribution in [0.4, 0.5) is 18.9 Å². The van der Waals surface area contributed by atoms with Crippen LogP contribution in [0, 0.1) is 0 Å². The van der Waals surface area contributed by atoms with Gasteiger partial charge in [-0.05, 0) is 44.2 Å². The molecular formula is C18H17ClF3NO3. The number of ether oxygens (including phenoxy) is 2. The topological polar surface area (TPSA) is 47.6 Å². The lowest BCUT2D eigenvalue weighted by Gasteiger charge is -2.14. The highest BCUT2D eigenvalue weighted by atomic mass is 35.5. The van der Waals surface area contributed by atoms with Gasteiger partial charge in [0.05, 0.1) is 35.1 Å². The van der Waals surface area contributed by atoms with Crippen molar-refractivity contribution in [1.29, 1.82) is 0 Å². The molecule has 2 aromatic rings. The molecule has 0 unspecified atom stereocenters. The summed E-state index contributed by atoms with van der Waals surface area (Å²) in [6.45, 7) is 4.31. The molecule has 0 spiro atoms. The Labute approximate surface area is 153 Å². The molecule has 0 heterocycles. The van der Waals surface area contributed by atoms with Gasteiger partial charge in [-0.3, -0.25) is 4.79 Å². The van der Waals surface area contributed by atoms with Crippen LogP contribution in [0.15, 0.2) is 36.4 Å². The Morgan fingerprint density at radius 3 is 2.38 bits per heavy atom. The van der Waals surface area contributed by atoms with E-state index < -0.39 is 17.6 Å². The number of halogens is 4. The van der Waals surface area contributed by atoms with E-state index in [2.05, 4.69) is 5.32 Å². The Morgan fingerprint density at radius 1 is 1.08 bits per heavy atom. The summed E-state index contributed by atoms with van der Waals surface area (Å²) in [4.78, 5) is 12.5. The molecule has 0 saturated carbocycles. The summed E-state index contributed by atoms with van der Waals surface area (Å²) in [6, 6.07) is 7.33. The zero-order chi connectivity index (χ0) is 19.3. The van der Waals surface area contributed by atoms with Gasteiger partial charge in [-0.15, -0.1) is 0 Å². The van der Waals surface area contributed by atoms with E-state index in [9.17, 15) is 18.0 Å². The van der Waals surface area contributed by atoms with E-state index in [-0.39, 0.29) is 22.0 Å². The second kappa shape index (κ2) is 8.31. The fraction of sp³-hybridized carbons (Fsp3) is 0.278. The lowest BCUT2D eigenvalue weighted by atomic mass is 10.1. The van der Waals surface area contributed by atoms with Gasteiger partial charge < -0.3 is 14.8 Å². The van der Waals surface area contributed by atoms with Crippen molar-refractivity contribution in [1.82, 2.24) is 0 Å². The average molecular weight is 388 g/mol. The van der Waals surface area contributed by atoms with E-state index in [0.29, 0.717) is 19.0 Å². The maximum Gasteiger partial charge on any atom is 0.416 e. The Bertz CT molecular complexity index is 794. The number of hydrogen-bond acceptors (Lipinski definition) is 3. The molecule has 0 aliphatic rings. The van der Waals surface area contributed by atoms with E-state index in [1.54, 1.807) is 19.1 Å². The summed E-state index contributed by atoms with van der Waals surface area (Å²) in [5, 5.41) is 2.39. The minimum absolute atomic E-state index is 0.00440. The van der Waals surface area contributed by atoms with Gasteiger partial charge in [0.1, 0.15) is 11.5 Å². The normalized spacial score (nSPS) is 11.2. The summed E-state index contributed by atoms with van der Waals surface area (Å²) in [7, 11) is 0. The van der Waals surface area contributed by atoms with Gasteiger partial charge in [-0.2, -0.15) is 13.2 Å². The van der Waals surface area contributed by atoms with Crippen molar-refractivity contribution in [3.8, 4) is 11.5 Å². The van der Waals surface area contributed by atoms with Crippen LogP contribution in [0.1, 0.15) is 29.8 Å². The number of rotatable bonds is 6. The number of nitrogens with one attached hydrogen (secondary N) is 1. The monoisotopic (exact) mass is 387 g/mol. The van der Waals surface area contributed by atoms with Crippen molar-refractivity contribution >= 4 is 23.2 Å². The minimum atomic E-state index is -4.54. The van der Waals surface area contributed by atoms with E-state index in [1.165, 1.54) is 6.07 Å². The fourth-order valence-electron chi connectivity index (χ4n) is 2.21. The SMILES string of the molecule is CCOc1ccc(C(=O)Nc2cc(C(F)(F)F)ccc2Cl)c(OCC)c1. The molecule has 26 heavy (non-hydrogen) atoms. The van der Waals surface area contributed by atoms with Crippen molar-refractivity contribution in [3.05, 3.63) is 52.5 Å². The molecule has 2 aromatic carbocycles. The van der Waals surface area contributed by atoms with Gasteiger partial charge in [0.2, 0.25) is 0 Å². The van der Waals surface area contributed by atoms with Gasteiger partial charge in [0.25, 0.3) is 5.91 Å². The van der Waals surface area contributed by atoms with Crippen LogP contribution in [0.2, 0.25) is 5.02 Å². The molecule has 0 radical (unpaired) electrons. The number of carbonyl (C=O) groups excluding carboxylic acids is 1. The summed E-state index contributed by atoms with van der Waals surface area (Å²) in [5.74, 6) is 0.140. The summed E-state index contributed by atoms with van der Waals surface area (Å²) >= 11 is 5.91. The van der Waals surface area contributed by atoms with E-state index in [4.69, 9.17) is 21.1 Å². The highest BCUT2D eigenvalue weighted by molar-refractivity contribution is 6.34. The molecule has 0 aliphatic heterocycles. The Kier molecular flexibility index (Phi) is 6.37. The van der Waals surface area contributed by atoms with Crippen LogP contribution >= 0.6 is 11.6 Å². The third-order valence-electron chi connectivity index (χ3n) is 3.35. The molecule has 0 bridgehead atoms. The lowest BCUT2D eigenvalue weighted by molar-refractivity contribution is -0.137. The van der Waals surface area contributed by atoms with Crippen molar-refractivity contribution in [2.45, 2.75) is 20.0 Å². The maximum absolute atomic E-state index is 12.9. The summed E-state index contributed by atoms with van der Waals surface area (Å²) < 4.78 is 49.4. The Hall–Kier alpha value is -2.41. The molecule has 1 amide bonds. The number of amides is 1. The molecule has 0 aromatic heterocycles. The van der Waals surface area contributed by atoms with Crippen LogP contribution in [-0.2, 0) is 6.18 Å². The Balaban J connectivity index is 2.32. The quantitative estimate of drug-likeness (QED) is 0.721. The number of alkyl halides is 3. The van der Waals surface area contributed by atoms with Crippen LogP contribution in [0.3, 0.4) is 0 Å². The van der Waals surface area contributed by atoms with Crippen molar-refractivity contribution in [2.24, 2.45) is 0 Å². The van der Waals surface area contributed by atoms with Gasteiger partial charge in [-0.25, -0.2) is 0 Å². The fourth-order valence-corrected chi connectivity index (χ4v) is 2.37. The number of anilines is 1. The van der Waals surface area contributed by atoms with Crippen LogP contribution in [0.25, 0.3) is 0 Å². The second-order valence-electron chi connectivity index (χ2n) is 5.17. The zero-order valence-electron chi connectivity index (χ0n) is 14.1. The van der Waals surface area contributed by atoms with E-state index in [1.807, 2.05) is 6.92 Å². The minimum Gasteiger partial charge on any atom is -0.494 e. The zero-order valence-corrected chi connectivity index (χ0v) is 14.9. The largest absolute Gasteiger partial charge is 0.494 e. The first-order valence-corrected chi connectivity index (χ1v) is 8.21. The predicted octanol–water partition coefficient (Wildman–Crippen LogP) is 5.41. The average Bonchev–Trinajstić information content (AvgIpc) is 2.56. The van der Waals surface area contributed by atoms with Gasteiger partial charge in [0.15, 0.2) is 0 Å². The summed E-state index contributed by atoms with van der Waals surface area (Å²) in [5.41, 5.74) is -0.888. The molecule has 140 valence electrons. The van der Waals surface area contributed by atoms with E-state index >= 15 is 0 Å². The van der Waals surface area contributed by atoms with Crippen LogP contribution < -0.4 is 14.8 Å². The molecule has 1 N–H and O–H groups in total. The summed E-state index contributed by atoms with van der Waals surface area (Å²) in [6.07, 6.45) is -4.54. The second-order valence-corrected chi connectivity index (χ2v) is 5.58. The molecule has 0 aliphatic carbocycles. The molecule has 0 fully saturated rings. The molecule has 2 rings (SSSR count). The molecule has 4 nitrogen and oxygen atoms in total. The van der Waals surface area contributed by atoms with Gasteiger partial charge >= 0.3 is 6.18 Å². The van der Waals surface area contributed by atoms with Crippen LogP contribution in [-0.4, -0.2) is 19.1 Å². The third kappa shape index (κ3) is 4.82. The number of benzene rings is 2. The lowest BCUT2D eigenvalue weighted by Crippen LogP contribution is -2.15. The molecule has 0 atom stereocenters. The van der Waals surface area contributed by atoms with E-state index in [0.717, 1.165) is 18.2 Å². The number of carbonyl (C=O) groups is 1. The van der Waals surface area contributed by atoms with Crippen molar-refractivity contribution in [2.75, 3.05) is 18.5 Å². The number of hydrogen-bond donors (Lipinski definition) is 1. The van der Waals surface area contributed by atoms with Crippen LogP contribution in [0.5, 0.6) is 11.5 Å². The standard InChI is InChI=1S/C18H17ClF3NO3/c1-3-25-12-6-7-13(16(10-12)26-4-2)17(24)23-15-9-11(18(20,21)22)5-8-14(15)19/h5-10H,3-4H2,1-2H3,(H,23,24). The van der Waals surface area contributed by atoms with Crippen molar-refractivity contribution < 1.29 is 27.4 Å².